The van der Waals surface area contributed by atoms with Crippen molar-refractivity contribution >= 4 is 38.4 Å². The summed E-state index contributed by atoms with van der Waals surface area (Å²) in [4.78, 5) is 16.1. The molecule has 0 aliphatic carbocycles. The van der Waals surface area contributed by atoms with Gasteiger partial charge in [0.15, 0.2) is 0 Å². The SMILES string of the molecule is O=c1c2cc(Cl)ccc2ncn1CCBr. The third kappa shape index (κ3) is 2.06. The van der Waals surface area contributed by atoms with Crippen molar-refractivity contribution in [1.29, 1.82) is 0 Å². The number of rotatable bonds is 2. The summed E-state index contributed by atoms with van der Waals surface area (Å²) in [6, 6.07) is 5.12. The average molecular weight is 288 g/mol. The minimum Gasteiger partial charge on any atom is -0.298 e. The van der Waals surface area contributed by atoms with E-state index >= 15 is 0 Å². The molecule has 0 saturated heterocycles. The minimum absolute atomic E-state index is 0.0537. The summed E-state index contributed by atoms with van der Waals surface area (Å²) in [7, 11) is 0. The van der Waals surface area contributed by atoms with E-state index < -0.39 is 0 Å². The van der Waals surface area contributed by atoms with Crippen LogP contribution >= 0.6 is 27.5 Å². The van der Waals surface area contributed by atoms with Crippen LogP contribution in [0.1, 0.15) is 0 Å². The summed E-state index contributed by atoms with van der Waals surface area (Å²) < 4.78 is 1.56. The van der Waals surface area contributed by atoms with Gasteiger partial charge < -0.3 is 0 Å². The Balaban J connectivity index is 2.71. The van der Waals surface area contributed by atoms with Crippen molar-refractivity contribution < 1.29 is 0 Å². The van der Waals surface area contributed by atoms with Gasteiger partial charge in [-0.25, -0.2) is 4.98 Å². The Hall–Kier alpha value is -0.870. The number of halogens is 2. The fourth-order valence-electron chi connectivity index (χ4n) is 1.38. The summed E-state index contributed by atoms with van der Waals surface area (Å²) in [5, 5.41) is 1.84. The highest BCUT2D eigenvalue weighted by Gasteiger charge is 2.03. The van der Waals surface area contributed by atoms with Gasteiger partial charge in [-0.3, -0.25) is 9.36 Å². The van der Waals surface area contributed by atoms with Crippen molar-refractivity contribution in [3.63, 3.8) is 0 Å². The summed E-state index contributed by atoms with van der Waals surface area (Å²) >= 11 is 9.12. The maximum Gasteiger partial charge on any atom is 0.261 e. The number of aromatic nitrogens is 2. The van der Waals surface area contributed by atoms with Gasteiger partial charge in [0.25, 0.3) is 5.56 Å². The quantitative estimate of drug-likeness (QED) is 0.795. The standard InChI is InChI=1S/C10H8BrClN2O/c11-3-4-14-6-13-9-2-1-7(12)5-8(9)10(14)15/h1-2,5-6H,3-4H2. The molecule has 2 rings (SSSR count). The molecule has 15 heavy (non-hydrogen) atoms. The van der Waals surface area contributed by atoms with Gasteiger partial charge in [-0.1, -0.05) is 27.5 Å². The predicted molar refractivity (Wildman–Crippen MR) is 64.8 cm³/mol. The molecule has 0 amide bonds. The molecule has 0 fully saturated rings. The van der Waals surface area contributed by atoms with Crippen LogP contribution in [0.4, 0.5) is 0 Å². The van der Waals surface area contributed by atoms with Gasteiger partial charge in [0.1, 0.15) is 0 Å². The summed E-state index contributed by atoms with van der Waals surface area (Å²) in [6.45, 7) is 0.605. The molecule has 0 unspecified atom stereocenters. The molecule has 0 bridgehead atoms. The van der Waals surface area contributed by atoms with Gasteiger partial charge in [0.2, 0.25) is 0 Å². The fraction of sp³-hybridized carbons (Fsp3) is 0.200. The zero-order valence-corrected chi connectivity index (χ0v) is 10.1. The van der Waals surface area contributed by atoms with E-state index in [0.29, 0.717) is 22.5 Å². The van der Waals surface area contributed by atoms with Crippen LogP contribution in [-0.4, -0.2) is 14.9 Å². The normalized spacial score (nSPS) is 10.8. The van der Waals surface area contributed by atoms with Crippen LogP contribution in [0.3, 0.4) is 0 Å². The molecular formula is C10H8BrClN2O. The largest absolute Gasteiger partial charge is 0.298 e. The second kappa shape index (κ2) is 4.33. The lowest BCUT2D eigenvalue weighted by Crippen LogP contribution is -2.21. The molecule has 1 aromatic heterocycles. The van der Waals surface area contributed by atoms with Crippen LogP contribution in [0.15, 0.2) is 29.3 Å². The molecular weight excluding hydrogens is 279 g/mol. The minimum atomic E-state index is -0.0537. The second-order valence-electron chi connectivity index (χ2n) is 3.09. The number of nitrogens with zero attached hydrogens (tertiary/aromatic N) is 2. The maximum absolute atomic E-state index is 11.9. The fourth-order valence-corrected chi connectivity index (χ4v) is 1.94. The smallest absolute Gasteiger partial charge is 0.261 e. The first-order chi connectivity index (χ1) is 7.22. The number of fused-ring (bicyclic) bond motifs is 1. The molecule has 0 spiro atoms. The molecule has 2 aromatic rings. The Bertz CT molecular complexity index is 553. The van der Waals surface area contributed by atoms with Gasteiger partial charge in [-0.2, -0.15) is 0 Å². The van der Waals surface area contributed by atoms with Crippen LogP contribution < -0.4 is 5.56 Å². The first-order valence-corrected chi connectivity index (χ1v) is 5.93. The van der Waals surface area contributed by atoms with Gasteiger partial charge in [-0.05, 0) is 18.2 Å². The maximum atomic E-state index is 11.9. The molecule has 1 aromatic carbocycles. The van der Waals surface area contributed by atoms with E-state index in [-0.39, 0.29) is 5.56 Å². The lowest BCUT2D eigenvalue weighted by molar-refractivity contribution is 0.728. The summed E-state index contributed by atoms with van der Waals surface area (Å²) in [5.41, 5.74) is 0.622. The van der Waals surface area contributed by atoms with E-state index in [0.717, 1.165) is 5.33 Å². The molecule has 0 radical (unpaired) electrons. The van der Waals surface area contributed by atoms with Crippen molar-refractivity contribution in [1.82, 2.24) is 9.55 Å². The molecule has 0 saturated carbocycles. The Morgan fingerprint density at radius 3 is 3.00 bits per heavy atom. The van der Waals surface area contributed by atoms with E-state index in [1.165, 1.54) is 0 Å². The molecule has 0 atom stereocenters. The van der Waals surface area contributed by atoms with Gasteiger partial charge in [0, 0.05) is 16.9 Å². The van der Waals surface area contributed by atoms with Crippen molar-refractivity contribution in [2.24, 2.45) is 0 Å². The topological polar surface area (TPSA) is 34.9 Å². The van der Waals surface area contributed by atoms with Crippen molar-refractivity contribution in [3.05, 3.63) is 39.9 Å². The highest BCUT2D eigenvalue weighted by molar-refractivity contribution is 9.09. The van der Waals surface area contributed by atoms with Gasteiger partial charge in [-0.15, -0.1) is 0 Å². The molecule has 3 nitrogen and oxygen atoms in total. The van der Waals surface area contributed by atoms with Crippen LogP contribution in [0.2, 0.25) is 5.02 Å². The summed E-state index contributed by atoms with van der Waals surface area (Å²) in [5.74, 6) is 0. The van der Waals surface area contributed by atoms with E-state index in [2.05, 4.69) is 20.9 Å². The number of benzene rings is 1. The molecule has 0 aliphatic heterocycles. The highest BCUT2D eigenvalue weighted by atomic mass is 79.9. The average Bonchev–Trinajstić information content (AvgIpc) is 2.23. The third-order valence-electron chi connectivity index (χ3n) is 2.11. The first kappa shape index (κ1) is 10.6. The Morgan fingerprint density at radius 1 is 1.47 bits per heavy atom. The van der Waals surface area contributed by atoms with Crippen molar-refractivity contribution in [2.75, 3.05) is 5.33 Å². The number of hydrogen-bond donors (Lipinski definition) is 0. The Morgan fingerprint density at radius 2 is 2.27 bits per heavy atom. The zero-order valence-electron chi connectivity index (χ0n) is 7.78. The lowest BCUT2D eigenvalue weighted by Gasteiger charge is -2.03. The molecule has 0 N–H and O–H groups in total. The summed E-state index contributed by atoms with van der Waals surface area (Å²) in [6.07, 6.45) is 1.56. The number of alkyl halides is 1. The highest BCUT2D eigenvalue weighted by Crippen LogP contribution is 2.13. The lowest BCUT2D eigenvalue weighted by atomic mass is 10.2. The van der Waals surface area contributed by atoms with Crippen LogP contribution in [0, 0.1) is 0 Å². The molecule has 5 heteroatoms. The van der Waals surface area contributed by atoms with Crippen LogP contribution in [-0.2, 0) is 6.54 Å². The van der Waals surface area contributed by atoms with Gasteiger partial charge in [0.05, 0.1) is 17.2 Å². The molecule has 1 heterocycles. The molecule has 78 valence electrons. The van der Waals surface area contributed by atoms with E-state index in [1.807, 2.05) is 0 Å². The van der Waals surface area contributed by atoms with Crippen molar-refractivity contribution in [3.8, 4) is 0 Å². The number of aryl methyl sites for hydroxylation is 1. The van der Waals surface area contributed by atoms with Crippen molar-refractivity contribution in [2.45, 2.75) is 6.54 Å². The first-order valence-electron chi connectivity index (χ1n) is 4.43. The van der Waals surface area contributed by atoms with E-state index in [4.69, 9.17) is 11.6 Å². The van der Waals surface area contributed by atoms with E-state index in [9.17, 15) is 4.79 Å². The Labute approximate surface area is 99.8 Å². The van der Waals surface area contributed by atoms with Gasteiger partial charge >= 0.3 is 0 Å². The third-order valence-corrected chi connectivity index (χ3v) is 2.70. The number of hydrogen-bond acceptors (Lipinski definition) is 2. The second-order valence-corrected chi connectivity index (χ2v) is 4.32. The predicted octanol–water partition coefficient (Wildman–Crippen LogP) is 2.44. The zero-order chi connectivity index (χ0) is 10.8. The Kier molecular flexibility index (Phi) is 3.07. The van der Waals surface area contributed by atoms with Crippen LogP contribution in [0.25, 0.3) is 10.9 Å². The monoisotopic (exact) mass is 286 g/mol. The molecule has 0 aliphatic rings. The van der Waals surface area contributed by atoms with Crippen LogP contribution in [0.5, 0.6) is 0 Å². The van der Waals surface area contributed by atoms with E-state index in [1.54, 1.807) is 29.1 Å².